The van der Waals surface area contributed by atoms with Crippen molar-refractivity contribution in [3.8, 4) is 6.01 Å². The number of nitrogens with one attached hydrogen (secondary N) is 1. The number of hydroxylamine groups is 1. The second-order valence-corrected chi connectivity index (χ2v) is 6.69. The summed E-state index contributed by atoms with van der Waals surface area (Å²) in [5.41, 5.74) is 1.62. The van der Waals surface area contributed by atoms with Gasteiger partial charge in [-0.05, 0) is 24.8 Å². The van der Waals surface area contributed by atoms with Crippen LogP contribution in [0.25, 0.3) is 0 Å². The van der Waals surface area contributed by atoms with Gasteiger partial charge in [0.1, 0.15) is 4.88 Å². The highest BCUT2D eigenvalue weighted by atomic mass is 32.2. The second-order valence-electron chi connectivity index (χ2n) is 4.76. The average molecular weight is 404 g/mol. The van der Waals surface area contributed by atoms with Crippen molar-refractivity contribution < 1.29 is 27.6 Å². The van der Waals surface area contributed by atoms with Gasteiger partial charge in [-0.2, -0.15) is 9.76 Å². The maximum atomic E-state index is 12.3. The maximum absolute atomic E-state index is 12.3. The molecule has 2 aromatic heterocycles. The van der Waals surface area contributed by atoms with Crippen LogP contribution in [-0.4, -0.2) is 44.3 Å². The first-order valence-corrected chi connectivity index (χ1v) is 9.11. The van der Waals surface area contributed by atoms with Crippen molar-refractivity contribution in [1.82, 2.24) is 19.8 Å². The van der Waals surface area contributed by atoms with Gasteiger partial charge in [0.25, 0.3) is 0 Å². The molecule has 0 aliphatic carbocycles. The molecule has 142 valence electrons. The number of rotatable bonds is 6. The fourth-order valence-corrected chi connectivity index (χ4v) is 3.91. The number of carbonyl (C=O) groups is 2. The average Bonchev–Trinajstić information content (AvgIpc) is 3.14. The Hall–Kier alpha value is -2.51. The zero-order valence-corrected chi connectivity index (χ0v) is 15.9. The van der Waals surface area contributed by atoms with Crippen molar-refractivity contribution in [1.29, 1.82) is 0 Å². The number of hydrogen-bond acceptors (Lipinski definition) is 9. The lowest BCUT2D eigenvalue weighted by atomic mass is 10.3. The number of hydrogen-bond donors (Lipinski definition) is 1. The van der Waals surface area contributed by atoms with Crippen LogP contribution in [0, 0.1) is 6.92 Å². The van der Waals surface area contributed by atoms with Crippen LogP contribution in [0.3, 0.4) is 0 Å². The number of thiophene rings is 1. The summed E-state index contributed by atoms with van der Waals surface area (Å²) in [7, 11) is 2.57. The molecule has 13 heteroatoms. The number of ether oxygens (including phenoxy) is 2. The van der Waals surface area contributed by atoms with Crippen molar-refractivity contribution in [3.05, 3.63) is 26.3 Å². The molecule has 0 aliphatic heterocycles. The predicted molar refractivity (Wildman–Crippen MR) is 90.5 cm³/mol. The van der Waals surface area contributed by atoms with Gasteiger partial charge in [0.15, 0.2) is 0 Å². The summed E-state index contributed by atoms with van der Waals surface area (Å²) in [5, 5.41) is 5.30. The summed E-state index contributed by atoms with van der Waals surface area (Å²) in [4.78, 5) is 35.8. The molecule has 1 N–H and O–H groups in total. The molecule has 2 aromatic rings. The maximum Gasteiger partial charge on any atom is 0.371 e. The summed E-state index contributed by atoms with van der Waals surface area (Å²) < 4.78 is 28.3. The zero-order valence-electron chi connectivity index (χ0n) is 14.3. The number of methoxy groups -OCH3 is 1. The van der Waals surface area contributed by atoms with E-state index in [1.165, 1.54) is 14.2 Å². The minimum absolute atomic E-state index is 0.0598. The van der Waals surface area contributed by atoms with Crippen LogP contribution in [0.2, 0.25) is 0 Å². The van der Waals surface area contributed by atoms with E-state index in [1.807, 2.05) is 5.48 Å². The Bertz CT molecular complexity index is 914. The van der Waals surface area contributed by atoms with Crippen molar-refractivity contribution >= 4 is 34.4 Å². The SMILES string of the molecule is CCOc1nn(C(=O)NOS(=O)c2c(C)csc2C(=O)OC)c(=O)n1C. The fraction of sp³-hybridized carbons (Fsp3) is 0.385. The molecular formula is C13H16N4O7S2. The fourth-order valence-electron chi connectivity index (χ4n) is 1.84. The van der Waals surface area contributed by atoms with Crippen molar-refractivity contribution in [3.63, 3.8) is 0 Å². The summed E-state index contributed by atoms with van der Waals surface area (Å²) in [6.45, 7) is 3.57. The molecule has 26 heavy (non-hydrogen) atoms. The summed E-state index contributed by atoms with van der Waals surface area (Å²) in [6.07, 6.45) is 0. The van der Waals surface area contributed by atoms with E-state index >= 15 is 0 Å². The topological polar surface area (TPSA) is 131 Å². The molecule has 0 fully saturated rings. The predicted octanol–water partition coefficient (Wildman–Crippen LogP) is 0.349. The number of amides is 1. The van der Waals surface area contributed by atoms with Crippen LogP contribution in [0.15, 0.2) is 15.1 Å². The molecule has 2 heterocycles. The third-order valence-corrected chi connectivity index (χ3v) is 5.37. The van der Waals surface area contributed by atoms with Crippen molar-refractivity contribution in [2.75, 3.05) is 13.7 Å². The van der Waals surface area contributed by atoms with E-state index in [0.717, 1.165) is 15.9 Å². The van der Waals surface area contributed by atoms with E-state index in [2.05, 4.69) is 9.84 Å². The highest BCUT2D eigenvalue weighted by Gasteiger charge is 2.24. The highest BCUT2D eigenvalue weighted by Crippen LogP contribution is 2.26. The molecule has 1 unspecified atom stereocenters. The lowest BCUT2D eigenvalue weighted by Crippen LogP contribution is -2.37. The number of aryl methyl sites for hydroxylation is 1. The van der Waals surface area contributed by atoms with Gasteiger partial charge < -0.3 is 9.47 Å². The standard InChI is InChI=1S/C13H16N4O7S2/c1-5-23-12-14-17(13(20)16(12)3)11(19)15-24-26(21)9-7(2)6-25-8(9)10(18)22-4/h6H,5H2,1-4H3,(H,15,19). The molecule has 1 atom stereocenters. The van der Waals surface area contributed by atoms with Crippen LogP contribution in [0.5, 0.6) is 6.01 Å². The monoisotopic (exact) mass is 404 g/mol. The first kappa shape index (κ1) is 19.8. The van der Waals surface area contributed by atoms with Crippen molar-refractivity contribution in [2.45, 2.75) is 18.7 Å². The molecule has 0 aliphatic rings. The van der Waals surface area contributed by atoms with Gasteiger partial charge in [0, 0.05) is 7.05 Å². The second kappa shape index (κ2) is 8.25. The Morgan fingerprint density at radius 1 is 1.42 bits per heavy atom. The van der Waals surface area contributed by atoms with Crippen LogP contribution in [0.1, 0.15) is 22.2 Å². The smallest absolute Gasteiger partial charge is 0.371 e. The first-order valence-electron chi connectivity index (χ1n) is 7.16. The molecule has 1 amide bonds. The number of aromatic nitrogens is 3. The summed E-state index contributed by atoms with van der Waals surface area (Å²) in [5.74, 6) is -0.677. The summed E-state index contributed by atoms with van der Waals surface area (Å²) in [6, 6.07) is -1.13. The Morgan fingerprint density at radius 2 is 2.12 bits per heavy atom. The molecule has 2 rings (SSSR count). The van der Waals surface area contributed by atoms with Gasteiger partial charge >= 0.3 is 23.7 Å². The van der Waals surface area contributed by atoms with E-state index < -0.39 is 28.8 Å². The number of esters is 1. The van der Waals surface area contributed by atoms with E-state index in [4.69, 9.17) is 9.02 Å². The van der Waals surface area contributed by atoms with Gasteiger partial charge in [-0.3, -0.25) is 0 Å². The zero-order chi connectivity index (χ0) is 19.4. The molecule has 0 saturated carbocycles. The molecule has 0 aromatic carbocycles. The van der Waals surface area contributed by atoms with Crippen LogP contribution < -0.4 is 15.9 Å². The van der Waals surface area contributed by atoms with E-state index in [0.29, 0.717) is 10.2 Å². The third-order valence-electron chi connectivity index (χ3n) is 3.07. The Labute approximate surface area is 154 Å². The minimum Gasteiger partial charge on any atom is -0.465 e. The van der Waals surface area contributed by atoms with Gasteiger partial charge in [0.2, 0.25) is 11.1 Å². The molecule has 0 bridgehead atoms. The van der Waals surface area contributed by atoms with Gasteiger partial charge in [0.05, 0.1) is 18.6 Å². The van der Waals surface area contributed by atoms with Gasteiger partial charge in [-0.1, -0.05) is 0 Å². The van der Waals surface area contributed by atoms with Gasteiger partial charge in [-0.25, -0.2) is 23.2 Å². The molecule has 11 nitrogen and oxygen atoms in total. The highest BCUT2D eigenvalue weighted by molar-refractivity contribution is 7.80. The van der Waals surface area contributed by atoms with Crippen LogP contribution in [-0.2, 0) is 27.1 Å². The Kier molecular flexibility index (Phi) is 6.28. The normalized spacial score (nSPS) is 11.8. The Balaban J connectivity index is 2.15. The lowest BCUT2D eigenvalue weighted by Gasteiger charge is -2.05. The van der Waals surface area contributed by atoms with E-state index in [1.54, 1.807) is 19.2 Å². The molecule has 0 radical (unpaired) electrons. The van der Waals surface area contributed by atoms with Crippen molar-refractivity contribution in [2.24, 2.45) is 7.05 Å². The first-order chi connectivity index (χ1) is 12.3. The van der Waals surface area contributed by atoms with E-state index in [-0.39, 0.29) is 22.4 Å². The number of nitrogens with zero attached hydrogens (tertiary/aromatic N) is 3. The van der Waals surface area contributed by atoms with Crippen LogP contribution >= 0.6 is 11.3 Å². The molecule has 0 spiro atoms. The summed E-state index contributed by atoms with van der Waals surface area (Å²) >= 11 is -1.17. The van der Waals surface area contributed by atoms with E-state index in [9.17, 15) is 18.6 Å². The molecular weight excluding hydrogens is 388 g/mol. The number of carbonyl (C=O) groups excluding carboxylic acids is 2. The quantitative estimate of drug-likeness (QED) is 0.539. The Morgan fingerprint density at radius 3 is 2.73 bits per heavy atom. The molecule has 0 saturated heterocycles. The largest absolute Gasteiger partial charge is 0.465 e. The lowest BCUT2D eigenvalue weighted by molar-refractivity contribution is 0.0602. The van der Waals surface area contributed by atoms with Gasteiger partial charge in [-0.15, -0.1) is 21.1 Å². The van der Waals surface area contributed by atoms with Crippen LogP contribution in [0.4, 0.5) is 4.79 Å². The minimum atomic E-state index is -2.20. The third kappa shape index (κ3) is 3.84.